The van der Waals surface area contributed by atoms with Crippen LogP contribution in [0.5, 0.6) is 11.5 Å². The molecule has 0 saturated carbocycles. The number of fused-ring (bicyclic) bond motifs is 4. The molecule has 0 aliphatic heterocycles. The van der Waals surface area contributed by atoms with Crippen LogP contribution in [-0.2, 0) is 18.3 Å². The Hall–Kier alpha value is -5.75. The summed E-state index contributed by atoms with van der Waals surface area (Å²) in [6.45, 7) is 20.5. The molecule has 0 atom stereocenters. The number of benzene rings is 4. The Bertz CT molecular complexity index is 2660. The zero-order valence-electron chi connectivity index (χ0n) is 33.6. The van der Waals surface area contributed by atoms with Gasteiger partial charge in [-0.25, -0.2) is 4.98 Å². The van der Waals surface area contributed by atoms with Crippen LogP contribution in [0.4, 0.5) is 0 Å². The van der Waals surface area contributed by atoms with E-state index in [2.05, 4.69) is 178 Å². The number of para-hydroxylation sites is 3. The summed E-state index contributed by atoms with van der Waals surface area (Å²) in [7, 11) is 0. The molecule has 0 N–H and O–H groups in total. The highest BCUT2D eigenvalue weighted by Gasteiger charge is 2.21. The Labute approximate surface area is 325 Å². The topological polar surface area (TPSA) is 48.8 Å². The number of hydrogen-bond acceptors (Lipinski definition) is 3. The van der Waals surface area contributed by atoms with E-state index in [1.54, 1.807) is 6.20 Å². The van der Waals surface area contributed by atoms with Crippen LogP contribution < -0.4 is 9.30 Å². The van der Waals surface area contributed by atoms with Gasteiger partial charge in [0.2, 0.25) is 0 Å². The molecule has 0 radical (unpaired) electrons. The average molecular weight is 726 g/mol. The lowest BCUT2D eigenvalue weighted by molar-refractivity contribution is -0.572. The maximum absolute atomic E-state index is 6.61. The first kappa shape index (κ1) is 36.2. The van der Waals surface area contributed by atoms with Crippen molar-refractivity contribution in [3.8, 4) is 28.7 Å². The van der Waals surface area contributed by atoms with Crippen molar-refractivity contribution in [2.24, 2.45) is 10.8 Å². The van der Waals surface area contributed by atoms with Gasteiger partial charge in [0.1, 0.15) is 17.3 Å². The van der Waals surface area contributed by atoms with Gasteiger partial charge in [-0.1, -0.05) is 122 Å². The van der Waals surface area contributed by atoms with E-state index in [9.17, 15) is 0 Å². The molecule has 0 spiro atoms. The second-order valence-corrected chi connectivity index (χ2v) is 18.4. The molecule has 8 aromatic rings. The van der Waals surface area contributed by atoms with Gasteiger partial charge in [-0.15, -0.1) is 0 Å². The minimum Gasteiger partial charge on any atom is -0.456 e. The van der Waals surface area contributed by atoms with Gasteiger partial charge in [0.25, 0.3) is 6.33 Å². The van der Waals surface area contributed by atoms with E-state index in [1.807, 2.05) is 24.5 Å². The summed E-state index contributed by atoms with van der Waals surface area (Å²) in [5.41, 5.74) is 10.5. The van der Waals surface area contributed by atoms with Crippen LogP contribution in [0, 0.1) is 17.2 Å². The highest BCUT2D eigenvalue weighted by Crippen LogP contribution is 2.36. The van der Waals surface area contributed by atoms with Gasteiger partial charge in [0.15, 0.2) is 0 Å². The zero-order valence-corrected chi connectivity index (χ0v) is 33.6. The number of rotatable bonds is 7. The van der Waals surface area contributed by atoms with Crippen molar-refractivity contribution in [2.75, 3.05) is 0 Å². The number of pyridine rings is 2. The van der Waals surface area contributed by atoms with Gasteiger partial charge in [0, 0.05) is 29.2 Å². The third-order valence-electron chi connectivity index (χ3n) is 10.0. The van der Waals surface area contributed by atoms with E-state index in [-0.39, 0.29) is 16.2 Å². The summed E-state index contributed by atoms with van der Waals surface area (Å²) in [5, 5.41) is 2.32. The van der Waals surface area contributed by atoms with Crippen molar-refractivity contribution in [3.63, 3.8) is 0 Å². The zero-order chi connectivity index (χ0) is 38.7. The Morgan fingerprint density at radius 1 is 0.636 bits per heavy atom. The molecule has 0 aliphatic carbocycles. The Morgan fingerprint density at radius 2 is 1.31 bits per heavy atom. The highest BCUT2D eigenvalue weighted by molar-refractivity contribution is 6.09. The second kappa shape index (κ2) is 13.5. The Balaban J connectivity index is 1.19. The first-order chi connectivity index (χ1) is 26.1. The summed E-state index contributed by atoms with van der Waals surface area (Å²) >= 11 is 0. The molecule has 4 aromatic heterocycles. The van der Waals surface area contributed by atoms with E-state index in [0.29, 0.717) is 5.75 Å². The molecular weight excluding hydrogens is 675 g/mol. The second-order valence-electron chi connectivity index (χ2n) is 18.4. The highest BCUT2D eigenvalue weighted by atomic mass is 16.5. The predicted octanol–water partition coefficient (Wildman–Crippen LogP) is 11.9. The summed E-state index contributed by atoms with van der Waals surface area (Å²) < 4.78 is 13.1. The van der Waals surface area contributed by atoms with Crippen molar-refractivity contribution in [1.29, 1.82) is 0 Å². The minimum absolute atomic E-state index is 0.00400. The fraction of sp³-hybridized carbons (Fsp3) is 0.286. The summed E-state index contributed by atoms with van der Waals surface area (Å²) in [5.74, 6) is 2.25. The number of ether oxygens (including phenoxy) is 1. The van der Waals surface area contributed by atoms with Crippen LogP contribution >= 0.6 is 0 Å². The van der Waals surface area contributed by atoms with Gasteiger partial charge in [-0.05, 0) is 83.2 Å². The van der Waals surface area contributed by atoms with Crippen molar-refractivity contribution < 1.29 is 9.30 Å². The summed E-state index contributed by atoms with van der Waals surface area (Å²) in [6.07, 6.45) is 11.2. The molecule has 4 heterocycles. The fourth-order valence-electron chi connectivity index (χ4n) is 7.73. The lowest BCUT2D eigenvalue weighted by Crippen LogP contribution is -2.30. The number of nitrogens with zero attached hydrogens (tertiary/aromatic N) is 5. The predicted molar refractivity (Wildman–Crippen MR) is 225 cm³/mol. The number of hydrogen-bond donors (Lipinski definition) is 0. The monoisotopic (exact) mass is 725 g/mol. The van der Waals surface area contributed by atoms with Crippen molar-refractivity contribution in [3.05, 3.63) is 145 Å². The number of imidazole rings is 1. The molecule has 0 bridgehead atoms. The molecule has 55 heavy (non-hydrogen) atoms. The smallest absolute Gasteiger partial charge is 0.269 e. The third kappa shape index (κ3) is 7.51. The molecule has 8 rings (SSSR count). The van der Waals surface area contributed by atoms with Crippen LogP contribution in [0.3, 0.4) is 0 Å². The molecule has 0 fully saturated rings. The molecule has 6 nitrogen and oxygen atoms in total. The van der Waals surface area contributed by atoms with Gasteiger partial charge >= 0.3 is 0 Å². The number of aromatic nitrogens is 5. The van der Waals surface area contributed by atoms with E-state index in [4.69, 9.17) is 9.72 Å². The van der Waals surface area contributed by atoms with E-state index in [1.165, 1.54) is 22.1 Å². The van der Waals surface area contributed by atoms with Crippen LogP contribution in [0.2, 0.25) is 0 Å². The maximum atomic E-state index is 6.61. The lowest BCUT2D eigenvalue weighted by Gasteiger charge is -2.22. The van der Waals surface area contributed by atoms with Crippen molar-refractivity contribution in [2.45, 2.75) is 80.6 Å². The quantitative estimate of drug-likeness (QED) is 0.121. The van der Waals surface area contributed by atoms with Crippen LogP contribution in [0.25, 0.3) is 50.0 Å². The fourth-order valence-corrected chi connectivity index (χ4v) is 7.73. The lowest BCUT2D eigenvalue weighted by atomic mass is 9.84. The molecule has 0 amide bonds. The first-order valence-electron chi connectivity index (χ1n) is 19.3. The van der Waals surface area contributed by atoms with Gasteiger partial charge in [0.05, 0.1) is 39.6 Å². The van der Waals surface area contributed by atoms with E-state index < -0.39 is 0 Å². The van der Waals surface area contributed by atoms with Crippen molar-refractivity contribution >= 4 is 32.8 Å². The average Bonchev–Trinajstić information content (AvgIpc) is 3.66. The largest absolute Gasteiger partial charge is 0.456 e. The molecule has 0 aliphatic rings. The Morgan fingerprint density at radius 3 is 2.02 bits per heavy atom. The minimum atomic E-state index is -0.00400. The maximum Gasteiger partial charge on any atom is 0.269 e. The molecule has 6 heteroatoms. The standard InChI is InChI=1S/C49H51N5O/c1-47(2,3)28-33-22-34(29-48(4,5)6)24-36(23-33)52-32-53(44-17-13-12-16-43(44)52)37-26-39(31-50-30-37)55-38-18-19-41-40-14-10-11-15-42(40)54(45(41)27-38)46-25-35(20-21-51-46)49(7,8)9/h10-27,30-31H,28-29H2,1-9H3. The molecule has 278 valence electrons. The SMILES string of the molecule is CC(C)(C)Cc1cc(CC(C)(C)C)cc(-[n+]2[c-]n(-c3cncc(Oc4ccc5c6ccccc6n(-c6cc(C(C)(C)C)ccn6)c5c4)c3)c3ccccc32)c1. The summed E-state index contributed by atoms with van der Waals surface area (Å²) in [4.78, 5) is 9.51. The first-order valence-corrected chi connectivity index (χ1v) is 19.3. The molecular formula is C49H51N5O. The van der Waals surface area contributed by atoms with Crippen LogP contribution in [0.15, 0.2) is 122 Å². The molecule has 0 saturated heterocycles. The molecule has 4 aromatic carbocycles. The van der Waals surface area contributed by atoms with Gasteiger partial charge < -0.3 is 4.74 Å². The van der Waals surface area contributed by atoms with Gasteiger partial charge in [-0.2, -0.15) is 0 Å². The van der Waals surface area contributed by atoms with Crippen molar-refractivity contribution in [1.82, 2.24) is 19.1 Å². The normalized spacial score (nSPS) is 12.6. The molecule has 0 unspecified atom stereocenters. The van der Waals surface area contributed by atoms with Gasteiger partial charge in [-0.3, -0.25) is 18.7 Å². The summed E-state index contributed by atoms with van der Waals surface area (Å²) in [6, 6.07) is 36.6. The Kier molecular flexibility index (Phi) is 8.91. The van der Waals surface area contributed by atoms with E-state index >= 15 is 0 Å². The third-order valence-corrected chi connectivity index (χ3v) is 10.0. The van der Waals surface area contributed by atoms with E-state index in [0.717, 1.165) is 63.2 Å². The van der Waals surface area contributed by atoms with Crippen LogP contribution in [-0.4, -0.2) is 19.1 Å². The van der Waals surface area contributed by atoms with Crippen LogP contribution in [0.1, 0.15) is 79.0 Å².